The lowest BCUT2D eigenvalue weighted by atomic mass is 10.1. The fraction of sp³-hybridized carbons (Fsp3) is 0.190. The number of nitrogens with one attached hydrogen (secondary N) is 1. The first-order chi connectivity index (χ1) is 14.0. The zero-order chi connectivity index (χ0) is 20.8. The van der Waals surface area contributed by atoms with Crippen molar-refractivity contribution in [3.05, 3.63) is 71.4 Å². The van der Waals surface area contributed by atoms with Gasteiger partial charge in [-0.1, -0.05) is 18.2 Å². The number of carbonyl (C=O) groups excluding carboxylic acids is 2. The number of para-hydroxylation sites is 1. The zero-order valence-corrected chi connectivity index (χ0v) is 16.2. The number of aromatic nitrogens is 2. The number of benzene rings is 2. The monoisotopic (exact) mass is 394 g/mol. The van der Waals surface area contributed by atoms with Crippen molar-refractivity contribution in [3.8, 4) is 11.4 Å². The van der Waals surface area contributed by atoms with E-state index in [2.05, 4.69) is 10.4 Å². The van der Waals surface area contributed by atoms with E-state index in [1.165, 1.54) is 10.9 Å². The number of esters is 1. The van der Waals surface area contributed by atoms with Crippen LogP contribution in [0.4, 0.5) is 5.82 Å². The third kappa shape index (κ3) is 4.37. The van der Waals surface area contributed by atoms with E-state index < -0.39 is 5.97 Å². The second kappa shape index (κ2) is 8.92. The van der Waals surface area contributed by atoms with Crippen molar-refractivity contribution in [2.45, 2.75) is 13.5 Å². The Kier molecular flexibility index (Phi) is 6.13. The van der Waals surface area contributed by atoms with E-state index in [1.54, 1.807) is 38.3 Å². The fourth-order valence-electron chi connectivity index (χ4n) is 2.81. The van der Waals surface area contributed by atoms with Crippen molar-refractivity contribution >= 4 is 17.7 Å². The van der Waals surface area contributed by atoms with Crippen molar-refractivity contribution in [2.75, 3.05) is 19.5 Å². The number of anilines is 1. The normalized spacial score (nSPS) is 10.4. The molecule has 3 N–H and O–H groups in total. The number of nitrogens with two attached hydrogens (primary N) is 1. The molecule has 0 aliphatic heterocycles. The van der Waals surface area contributed by atoms with Gasteiger partial charge in [-0.05, 0) is 37.3 Å². The summed E-state index contributed by atoms with van der Waals surface area (Å²) in [5, 5.41) is 7.00. The Morgan fingerprint density at radius 1 is 1.14 bits per heavy atom. The minimum absolute atomic E-state index is 0.178. The van der Waals surface area contributed by atoms with Gasteiger partial charge in [-0.15, -0.1) is 0 Å². The number of hydrogen-bond donors (Lipinski definition) is 2. The van der Waals surface area contributed by atoms with E-state index in [0.29, 0.717) is 17.8 Å². The van der Waals surface area contributed by atoms with Crippen LogP contribution in [0, 0.1) is 0 Å². The first-order valence-corrected chi connectivity index (χ1v) is 9.06. The molecule has 8 heteroatoms. The van der Waals surface area contributed by atoms with Gasteiger partial charge in [-0.3, -0.25) is 4.79 Å². The van der Waals surface area contributed by atoms with E-state index in [-0.39, 0.29) is 23.9 Å². The van der Waals surface area contributed by atoms with Gasteiger partial charge in [0.05, 0.1) is 25.6 Å². The minimum atomic E-state index is -0.524. The average Bonchev–Trinajstić information content (AvgIpc) is 3.14. The Morgan fingerprint density at radius 3 is 2.55 bits per heavy atom. The molecule has 0 aliphatic carbocycles. The summed E-state index contributed by atoms with van der Waals surface area (Å²) in [5.74, 6) is 0.151. The highest BCUT2D eigenvalue weighted by molar-refractivity contribution is 5.95. The van der Waals surface area contributed by atoms with Gasteiger partial charge in [-0.2, -0.15) is 5.10 Å². The highest BCUT2D eigenvalue weighted by atomic mass is 16.5. The van der Waals surface area contributed by atoms with Crippen LogP contribution in [-0.4, -0.2) is 35.4 Å². The van der Waals surface area contributed by atoms with Gasteiger partial charge >= 0.3 is 5.97 Å². The van der Waals surface area contributed by atoms with Gasteiger partial charge in [0.1, 0.15) is 17.1 Å². The molecule has 8 nitrogen and oxygen atoms in total. The highest BCUT2D eigenvalue weighted by Crippen LogP contribution is 2.19. The molecule has 0 atom stereocenters. The van der Waals surface area contributed by atoms with Crippen molar-refractivity contribution in [2.24, 2.45) is 0 Å². The van der Waals surface area contributed by atoms with Crippen LogP contribution in [0.25, 0.3) is 5.69 Å². The molecule has 0 aliphatic rings. The quantitative estimate of drug-likeness (QED) is 0.596. The highest BCUT2D eigenvalue weighted by Gasteiger charge is 2.17. The summed E-state index contributed by atoms with van der Waals surface area (Å²) in [6, 6.07) is 14.2. The molecule has 1 aromatic heterocycles. The Bertz CT molecular complexity index is 1010. The lowest BCUT2D eigenvalue weighted by molar-refractivity contribution is 0.0527. The fourth-order valence-corrected chi connectivity index (χ4v) is 2.81. The van der Waals surface area contributed by atoms with Crippen molar-refractivity contribution < 1.29 is 19.1 Å². The van der Waals surface area contributed by atoms with Crippen LogP contribution in [0.1, 0.15) is 33.2 Å². The van der Waals surface area contributed by atoms with Gasteiger partial charge in [0.25, 0.3) is 5.91 Å². The topological polar surface area (TPSA) is 108 Å². The summed E-state index contributed by atoms with van der Waals surface area (Å²) in [6.07, 6.45) is 1.36. The van der Waals surface area contributed by atoms with Gasteiger partial charge in [0.15, 0.2) is 0 Å². The van der Waals surface area contributed by atoms with Crippen LogP contribution >= 0.6 is 0 Å². The zero-order valence-electron chi connectivity index (χ0n) is 16.2. The van der Waals surface area contributed by atoms with Gasteiger partial charge in [0, 0.05) is 17.7 Å². The van der Waals surface area contributed by atoms with Gasteiger partial charge in [-0.25, -0.2) is 9.48 Å². The number of nitrogens with zero attached hydrogens (tertiary/aromatic N) is 2. The Morgan fingerprint density at radius 2 is 1.86 bits per heavy atom. The van der Waals surface area contributed by atoms with Crippen molar-refractivity contribution in [1.82, 2.24) is 15.1 Å². The molecule has 1 heterocycles. The number of nitrogen functional groups attached to an aromatic ring is 1. The maximum absolute atomic E-state index is 12.4. The predicted octanol–water partition coefficient (Wildman–Crippen LogP) is 2.57. The molecule has 0 radical (unpaired) electrons. The average molecular weight is 394 g/mol. The van der Waals surface area contributed by atoms with Crippen LogP contribution in [0.15, 0.2) is 54.7 Å². The largest absolute Gasteiger partial charge is 0.496 e. The first kappa shape index (κ1) is 19.9. The van der Waals surface area contributed by atoms with E-state index >= 15 is 0 Å². The molecule has 2 aromatic carbocycles. The van der Waals surface area contributed by atoms with Crippen LogP contribution in [-0.2, 0) is 11.3 Å². The molecule has 150 valence electrons. The molecule has 3 aromatic rings. The standard InChI is InChI=1S/C21H22N4O4/c1-3-29-21(27)17-13-24-25(19(17)22)16-10-8-14(9-11-16)20(26)23-12-15-6-4-5-7-18(15)28-2/h4-11,13H,3,12,22H2,1-2H3,(H,23,26). The maximum atomic E-state index is 12.4. The van der Waals surface area contributed by atoms with E-state index in [4.69, 9.17) is 15.2 Å². The summed E-state index contributed by atoms with van der Waals surface area (Å²) in [6.45, 7) is 2.32. The number of carbonyl (C=O) groups is 2. The molecule has 0 unspecified atom stereocenters. The van der Waals surface area contributed by atoms with Crippen molar-refractivity contribution in [1.29, 1.82) is 0 Å². The second-order valence-electron chi connectivity index (χ2n) is 6.12. The Hall–Kier alpha value is -3.81. The Labute approximate surface area is 168 Å². The predicted molar refractivity (Wildman–Crippen MR) is 108 cm³/mol. The van der Waals surface area contributed by atoms with Crippen molar-refractivity contribution in [3.63, 3.8) is 0 Å². The molecule has 0 spiro atoms. The summed E-state index contributed by atoms with van der Waals surface area (Å²) in [4.78, 5) is 24.3. The molecular weight excluding hydrogens is 372 g/mol. The van der Waals surface area contributed by atoms with Crippen LogP contribution in [0.2, 0.25) is 0 Å². The molecule has 3 rings (SSSR count). The molecule has 0 saturated carbocycles. The first-order valence-electron chi connectivity index (χ1n) is 9.06. The lowest BCUT2D eigenvalue weighted by Gasteiger charge is -2.10. The number of methoxy groups -OCH3 is 1. The number of ether oxygens (including phenoxy) is 2. The number of amides is 1. The number of hydrogen-bond acceptors (Lipinski definition) is 6. The Balaban J connectivity index is 1.70. The molecule has 0 fully saturated rings. The SMILES string of the molecule is CCOC(=O)c1cnn(-c2ccc(C(=O)NCc3ccccc3OC)cc2)c1N. The minimum Gasteiger partial charge on any atom is -0.496 e. The van der Waals surface area contributed by atoms with E-state index in [1.807, 2.05) is 24.3 Å². The van der Waals surface area contributed by atoms with Crippen LogP contribution in [0.3, 0.4) is 0 Å². The third-order valence-corrected chi connectivity index (χ3v) is 4.31. The molecule has 0 bridgehead atoms. The molecule has 29 heavy (non-hydrogen) atoms. The third-order valence-electron chi connectivity index (χ3n) is 4.31. The summed E-state index contributed by atoms with van der Waals surface area (Å²) in [7, 11) is 1.59. The van der Waals surface area contributed by atoms with Gasteiger partial charge in [0.2, 0.25) is 0 Å². The lowest BCUT2D eigenvalue weighted by Crippen LogP contribution is -2.23. The van der Waals surface area contributed by atoms with Gasteiger partial charge < -0.3 is 20.5 Å². The van der Waals surface area contributed by atoms with E-state index in [9.17, 15) is 9.59 Å². The molecular formula is C21H22N4O4. The second-order valence-corrected chi connectivity index (χ2v) is 6.12. The summed E-state index contributed by atoms with van der Waals surface area (Å²) >= 11 is 0. The van der Waals surface area contributed by atoms with Crippen LogP contribution < -0.4 is 15.8 Å². The summed E-state index contributed by atoms with van der Waals surface area (Å²) in [5.41, 5.74) is 8.21. The molecule has 1 amide bonds. The summed E-state index contributed by atoms with van der Waals surface area (Å²) < 4.78 is 11.7. The smallest absolute Gasteiger partial charge is 0.343 e. The number of rotatable bonds is 7. The maximum Gasteiger partial charge on any atom is 0.343 e. The van der Waals surface area contributed by atoms with Crippen LogP contribution in [0.5, 0.6) is 5.75 Å². The van der Waals surface area contributed by atoms with E-state index in [0.717, 1.165) is 11.3 Å². The molecule has 0 saturated heterocycles.